The molecule has 0 atom stereocenters. The van der Waals surface area contributed by atoms with Gasteiger partial charge in [-0.15, -0.1) is 0 Å². The summed E-state index contributed by atoms with van der Waals surface area (Å²) >= 11 is 0. The molecule has 0 saturated carbocycles. The van der Waals surface area contributed by atoms with Gasteiger partial charge in [-0.2, -0.15) is 0 Å². The van der Waals surface area contributed by atoms with Crippen LogP contribution >= 0.6 is 0 Å². The molecule has 20 heavy (non-hydrogen) atoms. The number of ether oxygens (including phenoxy) is 1. The summed E-state index contributed by atoms with van der Waals surface area (Å²) in [6.45, 7) is 1.86. The van der Waals surface area contributed by atoms with Crippen molar-refractivity contribution in [2.45, 2.75) is 6.54 Å². The van der Waals surface area contributed by atoms with E-state index in [9.17, 15) is 9.90 Å². The third-order valence-corrected chi connectivity index (χ3v) is 2.87. The number of likely N-dealkylation sites (N-methyl/N-ethyl adjacent to an activating group) is 1. The Bertz CT molecular complexity index is 449. The van der Waals surface area contributed by atoms with Crippen molar-refractivity contribution in [3.05, 3.63) is 23.8 Å². The second kappa shape index (κ2) is 7.72. The second-order valence-corrected chi connectivity index (χ2v) is 4.91. The molecule has 0 aromatic heterocycles. The van der Waals surface area contributed by atoms with Gasteiger partial charge in [-0.1, -0.05) is 6.07 Å². The van der Waals surface area contributed by atoms with Crippen molar-refractivity contribution in [1.82, 2.24) is 9.80 Å². The van der Waals surface area contributed by atoms with E-state index >= 15 is 0 Å². The molecule has 0 fully saturated rings. The molecule has 0 aliphatic carbocycles. The fourth-order valence-corrected chi connectivity index (χ4v) is 1.84. The summed E-state index contributed by atoms with van der Waals surface area (Å²) in [5.74, 6) is -0.388. The second-order valence-electron chi connectivity index (χ2n) is 4.91. The van der Waals surface area contributed by atoms with Crippen LogP contribution in [0.4, 0.5) is 0 Å². The first-order chi connectivity index (χ1) is 9.42. The third kappa shape index (κ3) is 5.46. The van der Waals surface area contributed by atoms with Crippen LogP contribution < -0.4 is 4.74 Å². The molecule has 2 N–H and O–H groups in total. The molecule has 6 heteroatoms. The highest BCUT2D eigenvalue weighted by Gasteiger charge is 2.12. The normalized spacial score (nSPS) is 11.1. The van der Waals surface area contributed by atoms with Crippen molar-refractivity contribution >= 4 is 5.97 Å². The summed E-state index contributed by atoms with van der Waals surface area (Å²) in [7, 11) is 5.37. The zero-order chi connectivity index (χ0) is 15.1. The Balaban J connectivity index is 2.72. The van der Waals surface area contributed by atoms with Crippen LogP contribution in [-0.4, -0.2) is 66.8 Å². The molecule has 0 amide bonds. The van der Waals surface area contributed by atoms with Crippen LogP contribution in [0, 0.1) is 0 Å². The number of rotatable bonds is 8. The minimum Gasteiger partial charge on any atom is -0.504 e. The van der Waals surface area contributed by atoms with E-state index in [1.807, 2.05) is 30.0 Å². The van der Waals surface area contributed by atoms with Crippen molar-refractivity contribution in [2.24, 2.45) is 0 Å². The lowest BCUT2D eigenvalue weighted by atomic mass is 10.2. The number of methoxy groups -OCH3 is 1. The van der Waals surface area contributed by atoms with Gasteiger partial charge in [0, 0.05) is 19.6 Å². The number of benzene rings is 1. The van der Waals surface area contributed by atoms with Crippen molar-refractivity contribution < 1.29 is 19.7 Å². The summed E-state index contributed by atoms with van der Waals surface area (Å²) in [6.07, 6.45) is 0. The Kier molecular flexibility index (Phi) is 6.27. The lowest BCUT2D eigenvalue weighted by Gasteiger charge is -2.22. The Labute approximate surface area is 119 Å². The average Bonchev–Trinajstić information content (AvgIpc) is 2.35. The fraction of sp³-hybridized carbons (Fsp3) is 0.500. The minimum absolute atomic E-state index is 0.0272. The highest BCUT2D eigenvalue weighted by Crippen LogP contribution is 2.26. The molecule has 112 valence electrons. The number of phenolic OH excluding ortho intramolecular Hbond substituents is 1. The molecule has 1 aromatic carbocycles. The maximum Gasteiger partial charge on any atom is 0.317 e. The molecule has 6 nitrogen and oxygen atoms in total. The van der Waals surface area contributed by atoms with Gasteiger partial charge in [-0.05, 0) is 31.8 Å². The average molecular weight is 282 g/mol. The van der Waals surface area contributed by atoms with E-state index in [1.165, 1.54) is 7.11 Å². The lowest BCUT2D eigenvalue weighted by molar-refractivity contribution is -0.138. The van der Waals surface area contributed by atoms with Crippen LogP contribution in [-0.2, 0) is 11.3 Å². The zero-order valence-corrected chi connectivity index (χ0v) is 12.2. The van der Waals surface area contributed by atoms with Gasteiger partial charge in [-0.25, -0.2) is 0 Å². The first kappa shape index (κ1) is 16.3. The molecule has 1 aromatic rings. The SMILES string of the molecule is COc1ccc(CN(CCN(C)C)CC(=O)O)cc1O. The maximum absolute atomic E-state index is 10.9. The van der Waals surface area contributed by atoms with Crippen molar-refractivity contribution in [2.75, 3.05) is 40.8 Å². The molecule has 0 radical (unpaired) electrons. The van der Waals surface area contributed by atoms with Gasteiger partial charge in [0.2, 0.25) is 0 Å². The number of carbonyl (C=O) groups is 1. The molecule has 0 saturated heterocycles. The van der Waals surface area contributed by atoms with Gasteiger partial charge in [0.15, 0.2) is 11.5 Å². The number of phenols is 1. The molecule has 0 unspecified atom stereocenters. The van der Waals surface area contributed by atoms with Gasteiger partial charge in [0.25, 0.3) is 0 Å². The summed E-state index contributed by atoms with van der Waals surface area (Å²) in [5, 5.41) is 18.7. The Morgan fingerprint density at radius 1 is 1.30 bits per heavy atom. The molecule has 0 heterocycles. The molecule has 0 bridgehead atoms. The standard InChI is InChI=1S/C14H22N2O4/c1-15(2)6-7-16(10-14(18)19)9-11-4-5-13(20-3)12(17)8-11/h4-5,8,17H,6-7,9-10H2,1-3H3,(H,18,19). The summed E-state index contributed by atoms with van der Waals surface area (Å²) in [6, 6.07) is 5.10. The Morgan fingerprint density at radius 3 is 2.50 bits per heavy atom. The van der Waals surface area contributed by atoms with E-state index in [-0.39, 0.29) is 12.3 Å². The fourth-order valence-electron chi connectivity index (χ4n) is 1.84. The maximum atomic E-state index is 10.9. The predicted molar refractivity (Wildman–Crippen MR) is 76.1 cm³/mol. The first-order valence-corrected chi connectivity index (χ1v) is 6.37. The molecule has 0 aliphatic rings. The summed E-state index contributed by atoms with van der Waals surface area (Å²) in [4.78, 5) is 14.7. The van der Waals surface area contributed by atoms with Gasteiger partial charge >= 0.3 is 5.97 Å². The molecule has 0 aliphatic heterocycles. The molecule has 1 rings (SSSR count). The number of carboxylic acid groups (broad SMARTS) is 1. The monoisotopic (exact) mass is 282 g/mol. The third-order valence-electron chi connectivity index (χ3n) is 2.87. The van der Waals surface area contributed by atoms with Crippen LogP contribution in [0.25, 0.3) is 0 Å². The highest BCUT2D eigenvalue weighted by atomic mass is 16.5. The van der Waals surface area contributed by atoms with E-state index in [4.69, 9.17) is 9.84 Å². The van der Waals surface area contributed by atoms with Crippen LogP contribution in [0.15, 0.2) is 18.2 Å². The Hall–Kier alpha value is -1.79. The van der Waals surface area contributed by atoms with Gasteiger partial charge < -0.3 is 19.8 Å². The number of nitrogens with zero attached hydrogens (tertiary/aromatic N) is 2. The van der Waals surface area contributed by atoms with E-state index in [0.29, 0.717) is 18.8 Å². The summed E-state index contributed by atoms with van der Waals surface area (Å²) in [5.41, 5.74) is 0.850. The minimum atomic E-state index is -0.860. The summed E-state index contributed by atoms with van der Waals surface area (Å²) < 4.78 is 4.98. The lowest BCUT2D eigenvalue weighted by Crippen LogP contribution is -2.35. The van der Waals surface area contributed by atoms with Gasteiger partial charge in [0.1, 0.15) is 0 Å². The van der Waals surface area contributed by atoms with Crippen molar-refractivity contribution in [3.63, 3.8) is 0 Å². The molecule has 0 spiro atoms. The number of hydrogen-bond acceptors (Lipinski definition) is 5. The highest BCUT2D eigenvalue weighted by molar-refractivity contribution is 5.69. The molecular weight excluding hydrogens is 260 g/mol. The van der Waals surface area contributed by atoms with Gasteiger partial charge in [-0.3, -0.25) is 9.69 Å². The van der Waals surface area contributed by atoms with E-state index < -0.39 is 5.97 Å². The van der Waals surface area contributed by atoms with Crippen molar-refractivity contribution in [3.8, 4) is 11.5 Å². The zero-order valence-electron chi connectivity index (χ0n) is 12.2. The van der Waals surface area contributed by atoms with Crippen LogP contribution in [0.3, 0.4) is 0 Å². The number of hydrogen-bond donors (Lipinski definition) is 2. The van der Waals surface area contributed by atoms with E-state index in [2.05, 4.69) is 0 Å². The van der Waals surface area contributed by atoms with E-state index in [1.54, 1.807) is 12.1 Å². The quantitative estimate of drug-likeness (QED) is 0.736. The number of aromatic hydroxyl groups is 1. The smallest absolute Gasteiger partial charge is 0.317 e. The number of carboxylic acids is 1. The Morgan fingerprint density at radius 2 is 2.00 bits per heavy atom. The predicted octanol–water partition coefficient (Wildman–Crippen LogP) is 0.849. The van der Waals surface area contributed by atoms with Crippen LogP contribution in [0.2, 0.25) is 0 Å². The van der Waals surface area contributed by atoms with Crippen LogP contribution in [0.1, 0.15) is 5.56 Å². The largest absolute Gasteiger partial charge is 0.504 e. The molecular formula is C14H22N2O4. The topological polar surface area (TPSA) is 73.2 Å². The first-order valence-electron chi connectivity index (χ1n) is 6.37. The van der Waals surface area contributed by atoms with Crippen molar-refractivity contribution in [1.29, 1.82) is 0 Å². The van der Waals surface area contributed by atoms with Crippen LogP contribution in [0.5, 0.6) is 11.5 Å². The van der Waals surface area contributed by atoms with E-state index in [0.717, 1.165) is 12.1 Å². The number of aliphatic carboxylic acids is 1. The van der Waals surface area contributed by atoms with Gasteiger partial charge in [0.05, 0.1) is 13.7 Å².